The average Bonchev–Trinajstić information content (AvgIpc) is 2.63. The van der Waals surface area contributed by atoms with Crippen molar-refractivity contribution in [3.8, 4) is 0 Å². The number of amides is 1. The molecule has 1 heterocycles. The summed E-state index contributed by atoms with van der Waals surface area (Å²) >= 11 is 6.08. The quantitative estimate of drug-likeness (QED) is 0.686. The molecule has 0 aliphatic heterocycles. The Hall–Kier alpha value is -2.85. The van der Waals surface area contributed by atoms with E-state index in [1.165, 1.54) is 17.3 Å². The predicted molar refractivity (Wildman–Crippen MR) is 102 cm³/mol. The second kappa shape index (κ2) is 7.81. The molecule has 2 N–H and O–H groups in total. The molecule has 0 spiro atoms. The Labute approximate surface area is 151 Å². The van der Waals surface area contributed by atoms with E-state index in [2.05, 4.69) is 34.7 Å². The van der Waals surface area contributed by atoms with Crippen molar-refractivity contribution in [2.24, 2.45) is 0 Å². The Morgan fingerprint density at radius 1 is 1.08 bits per heavy atom. The molecule has 2 aromatic carbocycles. The van der Waals surface area contributed by atoms with Crippen LogP contribution < -0.4 is 10.6 Å². The number of halogens is 1. The Morgan fingerprint density at radius 2 is 1.84 bits per heavy atom. The van der Waals surface area contributed by atoms with Gasteiger partial charge in [-0.25, -0.2) is 0 Å². The summed E-state index contributed by atoms with van der Waals surface area (Å²) in [5.41, 5.74) is 4.25. The van der Waals surface area contributed by atoms with Crippen molar-refractivity contribution in [3.05, 3.63) is 88.7 Å². The van der Waals surface area contributed by atoms with Crippen LogP contribution in [0, 0.1) is 6.92 Å². The molecule has 3 aromatic rings. The van der Waals surface area contributed by atoms with Gasteiger partial charge in [0.15, 0.2) is 0 Å². The van der Waals surface area contributed by atoms with Gasteiger partial charge in [-0.1, -0.05) is 48.0 Å². The van der Waals surface area contributed by atoms with Crippen molar-refractivity contribution in [2.45, 2.75) is 13.5 Å². The fraction of sp³-hybridized carbons (Fsp3) is 0.100. The van der Waals surface area contributed by atoms with Gasteiger partial charge >= 0.3 is 0 Å². The van der Waals surface area contributed by atoms with Crippen molar-refractivity contribution >= 4 is 28.9 Å². The van der Waals surface area contributed by atoms with Crippen LogP contribution in [0.4, 0.5) is 11.4 Å². The molecule has 5 heteroatoms. The number of nitrogens with one attached hydrogen (secondary N) is 2. The fourth-order valence-electron chi connectivity index (χ4n) is 2.42. The average molecular weight is 352 g/mol. The minimum atomic E-state index is -0.250. The van der Waals surface area contributed by atoms with Gasteiger partial charge in [0.2, 0.25) is 0 Å². The molecule has 4 nitrogen and oxygen atoms in total. The minimum absolute atomic E-state index is 0.250. The summed E-state index contributed by atoms with van der Waals surface area (Å²) in [6.45, 7) is 2.74. The monoisotopic (exact) mass is 351 g/mol. The molecule has 126 valence electrons. The number of aryl methyl sites for hydroxylation is 1. The highest BCUT2D eigenvalue weighted by molar-refractivity contribution is 6.33. The molecule has 0 unspecified atom stereocenters. The zero-order valence-corrected chi connectivity index (χ0v) is 14.5. The van der Waals surface area contributed by atoms with E-state index in [1.54, 1.807) is 24.4 Å². The third-order valence-corrected chi connectivity index (χ3v) is 4.20. The van der Waals surface area contributed by atoms with Gasteiger partial charge in [0.25, 0.3) is 5.91 Å². The van der Waals surface area contributed by atoms with Gasteiger partial charge in [0.1, 0.15) is 0 Å². The van der Waals surface area contributed by atoms with Crippen LogP contribution in [0.2, 0.25) is 5.02 Å². The molecule has 0 saturated heterocycles. The van der Waals surface area contributed by atoms with Crippen LogP contribution in [0.15, 0.2) is 67.0 Å². The number of hydrogen-bond acceptors (Lipinski definition) is 3. The molecule has 0 bridgehead atoms. The summed E-state index contributed by atoms with van der Waals surface area (Å²) in [4.78, 5) is 16.6. The van der Waals surface area contributed by atoms with Crippen molar-refractivity contribution < 1.29 is 4.79 Å². The Bertz CT molecular complexity index is 895. The Kier molecular flexibility index (Phi) is 5.31. The Balaban J connectivity index is 1.70. The number of hydrogen-bond donors (Lipinski definition) is 2. The second-order valence-corrected chi connectivity index (χ2v) is 6.08. The lowest BCUT2D eigenvalue weighted by atomic mass is 10.1. The molecule has 0 aliphatic carbocycles. The van der Waals surface area contributed by atoms with E-state index in [1.807, 2.05) is 24.3 Å². The fourth-order valence-corrected chi connectivity index (χ4v) is 2.61. The van der Waals surface area contributed by atoms with E-state index < -0.39 is 0 Å². The van der Waals surface area contributed by atoms with Crippen molar-refractivity contribution in [1.82, 2.24) is 4.98 Å². The maximum atomic E-state index is 12.4. The summed E-state index contributed by atoms with van der Waals surface area (Å²) in [6, 6.07) is 17.1. The van der Waals surface area contributed by atoms with Crippen LogP contribution in [-0.4, -0.2) is 10.9 Å². The van der Waals surface area contributed by atoms with E-state index >= 15 is 0 Å². The Morgan fingerprint density at radius 3 is 2.64 bits per heavy atom. The maximum Gasteiger partial charge on any atom is 0.257 e. The number of aromatic nitrogens is 1. The molecular weight excluding hydrogens is 334 g/mol. The summed E-state index contributed by atoms with van der Waals surface area (Å²) in [6.07, 6.45) is 3.23. The van der Waals surface area contributed by atoms with Gasteiger partial charge in [-0.3, -0.25) is 9.78 Å². The predicted octanol–water partition coefficient (Wildman–Crippen LogP) is 4.91. The first-order chi connectivity index (χ1) is 12.1. The zero-order chi connectivity index (χ0) is 17.6. The summed E-state index contributed by atoms with van der Waals surface area (Å²) in [5.74, 6) is -0.250. The van der Waals surface area contributed by atoms with Gasteiger partial charge in [0.05, 0.1) is 22.0 Å². The highest BCUT2D eigenvalue weighted by Gasteiger charge is 2.09. The van der Waals surface area contributed by atoms with Crippen LogP contribution in [0.5, 0.6) is 0 Å². The first kappa shape index (κ1) is 17.0. The maximum absolute atomic E-state index is 12.4. The number of pyridine rings is 1. The SMILES string of the molecule is Cc1ccccc1CNc1cncc(C(=O)Nc2ccccc2Cl)c1. The number of benzene rings is 2. The molecule has 0 radical (unpaired) electrons. The summed E-state index contributed by atoms with van der Waals surface area (Å²) in [5, 5.41) is 6.60. The van der Waals surface area contributed by atoms with Crippen molar-refractivity contribution in [1.29, 1.82) is 0 Å². The zero-order valence-electron chi connectivity index (χ0n) is 13.8. The third kappa shape index (κ3) is 4.37. The minimum Gasteiger partial charge on any atom is -0.380 e. The molecule has 0 aliphatic rings. The lowest BCUT2D eigenvalue weighted by molar-refractivity contribution is 0.102. The lowest BCUT2D eigenvalue weighted by Gasteiger charge is -2.10. The van der Waals surface area contributed by atoms with E-state index in [-0.39, 0.29) is 5.91 Å². The molecule has 0 atom stereocenters. The van der Waals surface area contributed by atoms with Crippen molar-refractivity contribution in [2.75, 3.05) is 10.6 Å². The van der Waals surface area contributed by atoms with E-state index in [9.17, 15) is 4.79 Å². The van der Waals surface area contributed by atoms with Gasteiger partial charge < -0.3 is 10.6 Å². The number of carbonyl (C=O) groups excluding carboxylic acids is 1. The summed E-state index contributed by atoms with van der Waals surface area (Å²) < 4.78 is 0. The van der Waals surface area contributed by atoms with Crippen molar-refractivity contribution in [3.63, 3.8) is 0 Å². The first-order valence-corrected chi connectivity index (χ1v) is 8.30. The number of anilines is 2. The van der Waals surface area contributed by atoms with E-state index in [0.29, 0.717) is 22.8 Å². The number of carbonyl (C=O) groups is 1. The molecular formula is C20H18ClN3O. The highest BCUT2D eigenvalue weighted by atomic mass is 35.5. The smallest absolute Gasteiger partial charge is 0.257 e. The van der Waals surface area contributed by atoms with Gasteiger partial charge in [-0.15, -0.1) is 0 Å². The second-order valence-electron chi connectivity index (χ2n) is 5.68. The van der Waals surface area contributed by atoms with Gasteiger partial charge in [-0.05, 0) is 36.2 Å². The van der Waals surface area contributed by atoms with Crippen LogP contribution in [-0.2, 0) is 6.54 Å². The van der Waals surface area contributed by atoms with Crippen LogP contribution >= 0.6 is 11.6 Å². The number of para-hydroxylation sites is 1. The summed E-state index contributed by atoms with van der Waals surface area (Å²) in [7, 11) is 0. The lowest BCUT2D eigenvalue weighted by Crippen LogP contribution is -2.13. The van der Waals surface area contributed by atoms with E-state index in [0.717, 1.165) is 5.69 Å². The van der Waals surface area contributed by atoms with Gasteiger partial charge in [0, 0.05) is 18.9 Å². The molecule has 1 aromatic heterocycles. The topological polar surface area (TPSA) is 54.0 Å². The molecule has 1 amide bonds. The molecule has 0 fully saturated rings. The standard InChI is InChI=1S/C20H18ClN3O/c1-14-6-2-3-7-15(14)12-23-17-10-16(11-22-13-17)20(25)24-19-9-5-4-8-18(19)21/h2-11,13,23H,12H2,1H3,(H,24,25). The molecule has 3 rings (SSSR count). The van der Waals surface area contributed by atoms with E-state index in [4.69, 9.17) is 11.6 Å². The van der Waals surface area contributed by atoms with Crippen LogP contribution in [0.25, 0.3) is 0 Å². The molecule has 25 heavy (non-hydrogen) atoms. The highest BCUT2D eigenvalue weighted by Crippen LogP contribution is 2.21. The number of nitrogens with zero attached hydrogens (tertiary/aromatic N) is 1. The normalized spacial score (nSPS) is 10.3. The number of rotatable bonds is 5. The van der Waals surface area contributed by atoms with Crippen LogP contribution in [0.1, 0.15) is 21.5 Å². The molecule has 0 saturated carbocycles. The largest absolute Gasteiger partial charge is 0.380 e. The first-order valence-electron chi connectivity index (χ1n) is 7.93. The van der Waals surface area contributed by atoms with Gasteiger partial charge in [-0.2, -0.15) is 0 Å². The van der Waals surface area contributed by atoms with Crippen LogP contribution in [0.3, 0.4) is 0 Å². The third-order valence-electron chi connectivity index (χ3n) is 3.87.